The van der Waals surface area contributed by atoms with Crippen molar-refractivity contribution in [1.82, 2.24) is 4.68 Å². The molecular formula is C25H24N4O2S. The minimum Gasteiger partial charge on any atom is -0.258 e. The van der Waals surface area contributed by atoms with Gasteiger partial charge in [0.15, 0.2) is 0 Å². The number of allylic oxidation sites excluding steroid dienone is 2. The Kier molecular flexibility index (Phi) is 5.81. The molecule has 0 aliphatic heterocycles. The van der Waals surface area contributed by atoms with Gasteiger partial charge in [0.25, 0.3) is 5.69 Å². The van der Waals surface area contributed by atoms with Gasteiger partial charge in [0, 0.05) is 41.8 Å². The summed E-state index contributed by atoms with van der Waals surface area (Å²) in [6, 6.07) is 17.0. The summed E-state index contributed by atoms with van der Waals surface area (Å²) in [5, 5.41) is 18.1. The van der Waals surface area contributed by atoms with Gasteiger partial charge in [-0.2, -0.15) is 5.10 Å². The smallest absolute Gasteiger partial charge is 0.258 e. The molecule has 6 nitrogen and oxygen atoms in total. The molecule has 0 spiro atoms. The first-order valence-electron chi connectivity index (χ1n) is 10.9. The van der Waals surface area contributed by atoms with Crippen molar-refractivity contribution in [3.05, 3.63) is 92.6 Å². The highest BCUT2D eigenvalue weighted by atomic mass is 32.1. The maximum absolute atomic E-state index is 11.3. The molecule has 3 aromatic rings. The number of rotatable bonds is 7. The zero-order valence-electron chi connectivity index (χ0n) is 17.6. The Hall–Kier alpha value is -3.32. The van der Waals surface area contributed by atoms with Crippen LogP contribution in [0.2, 0.25) is 0 Å². The number of hydrogen-bond donors (Lipinski definition) is 0. The van der Waals surface area contributed by atoms with Gasteiger partial charge in [-0.05, 0) is 36.7 Å². The SMILES string of the molecule is O=[N+]([O-])c1cccc(-c2csc(=NCCc3ccccc3)n2N=CC2CC3C=CC2C3)c1. The molecule has 1 aromatic heterocycles. The van der Waals surface area contributed by atoms with E-state index >= 15 is 0 Å². The van der Waals surface area contributed by atoms with E-state index in [2.05, 4.69) is 30.5 Å². The second-order valence-electron chi connectivity index (χ2n) is 8.35. The highest BCUT2D eigenvalue weighted by molar-refractivity contribution is 7.07. The zero-order valence-corrected chi connectivity index (χ0v) is 18.4. The van der Waals surface area contributed by atoms with E-state index in [0.29, 0.717) is 24.3 Å². The van der Waals surface area contributed by atoms with Crippen molar-refractivity contribution in [2.75, 3.05) is 6.54 Å². The van der Waals surface area contributed by atoms with Crippen LogP contribution >= 0.6 is 11.3 Å². The van der Waals surface area contributed by atoms with Crippen LogP contribution in [0.1, 0.15) is 18.4 Å². The summed E-state index contributed by atoms with van der Waals surface area (Å²) in [6.07, 6.45) is 9.91. The Morgan fingerprint density at radius 1 is 1.12 bits per heavy atom. The summed E-state index contributed by atoms with van der Waals surface area (Å²) >= 11 is 1.52. The van der Waals surface area contributed by atoms with E-state index in [-0.39, 0.29) is 10.6 Å². The van der Waals surface area contributed by atoms with E-state index in [1.807, 2.05) is 34.3 Å². The molecular weight excluding hydrogens is 420 g/mol. The number of hydrogen-bond acceptors (Lipinski definition) is 5. The summed E-state index contributed by atoms with van der Waals surface area (Å²) in [4.78, 5) is 16.5. The fourth-order valence-electron chi connectivity index (χ4n) is 4.57. The first-order valence-corrected chi connectivity index (χ1v) is 11.8. The van der Waals surface area contributed by atoms with E-state index in [4.69, 9.17) is 10.1 Å². The predicted octanol–water partition coefficient (Wildman–Crippen LogP) is 5.31. The lowest BCUT2D eigenvalue weighted by Crippen LogP contribution is -2.16. The van der Waals surface area contributed by atoms with Crippen LogP contribution in [0.3, 0.4) is 0 Å². The normalized spacial score (nSPS) is 22.2. The van der Waals surface area contributed by atoms with Gasteiger partial charge in [-0.3, -0.25) is 15.1 Å². The lowest BCUT2D eigenvalue weighted by Gasteiger charge is -2.12. The monoisotopic (exact) mass is 444 g/mol. The number of nitro groups is 1. The van der Waals surface area contributed by atoms with Crippen LogP contribution in [0.25, 0.3) is 11.3 Å². The maximum Gasteiger partial charge on any atom is 0.270 e. The third-order valence-corrected chi connectivity index (χ3v) is 7.09. The first kappa shape index (κ1) is 20.6. The number of fused-ring (bicyclic) bond motifs is 2. The summed E-state index contributed by atoms with van der Waals surface area (Å²) in [6.45, 7) is 0.658. The van der Waals surface area contributed by atoms with Gasteiger partial charge in [-0.25, -0.2) is 4.68 Å². The van der Waals surface area contributed by atoms with Crippen molar-refractivity contribution in [3.63, 3.8) is 0 Å². The summed E-state index contributed by atoms with van der Waals surface area (Å²) in [5.41, 5.74) is 2.91. The van der Waals surface area contributed by atoms with E-state index < -0.39 is 0 Å². The van der Waals surface area contributed by atoms with Crippen LogP contribution in [0.4, 0.5) is 5.69 Å². The van der Waals surface area contributed by atoms with Gasteiger partial charge in [0.05, 0.1) is 10.6 Å². The van der Waals surface area contributed by atoms with Crippen molar-refractivity contribution in [2.24, 2.45) is 27.8 Å². The molecule has 2 aromatic carbocycles. The minimum atomic E-state index is -0.365. The Morgan fingerprint density at radius 3 is 2.75 bits per heavy atom. The van der Waals surface area contributed by atoms with Crippen LogP contribution in [-0.2, 0) is 6.42 Å². The third kappa shape index (κ3) is 4.34. The molecule has 0 N–H and O–H groups in total. The van der Waals surface area contributed by atoms with E-state index in [1.165, 1.54) is 29.4 Å². The maximum atomic E-state index is 11.3. The Labute approximate surface area is 190 Å². The van der Waals surface area contributed by atoms with Crippen LogP contribution in [0, 0.1) is 27.9 Å². The average Bonchev–Trinajstić information content (AvgIpc) is 3.54. The molecule has 2 aliphatic carbocycles. The van der Waals surface area contributed by atoms with Gasteiger partial charge in [0.1, 0.15) is 0 Å². The molecule has 0 amide bonds. The number of nitrogens with zero attached hydrogens (tertiary/aromatic N) is 4. The Bertz CT molecular complexity index is 1240. The lowest BCUT2D eigenvalue weighted by atomic mass is 9.95. The largest absolute Gasteiger partial charge is 0.270 e. The number of nitro benzene ring substituents is 1. The molecule has 5 rings (SSSR count). The summed E-state index contributed by atoms with van der Waals surface area (Å²) < 4.78 is 1.85. The number of aromatic nitrogens is 1. The van der Waals surface area contributed by atoms with Crippen molar-refractivity contribution in [3.8, 4) is 11.3 Å². The zero-order chi connectivity index (χ0) is 21.9. The molecule has 1 fully saturated rings. The topological polar surface area (TPSA) is 72.8 Å². The van der Waals surface area contributed by atoms with Crippen LogP contribution in [-0.4, -0.2) is 22.4 Å². The van der Waals surface area contributed by atoms with Crippen molar-refractivity contribution in [2.45, 2.75) is 19.3 Å². The number of thiazole rings is 1. The molecule has 7 heteroatoms. The van der Waals surface area contributed by atoms with E-state index in [0.717, 1.165) is 28.9 Å². The quantitative estimate of drug-likeness (QED) is 0.214. The number of benzene rings is 2. The van der Waals surface area contributed by atoms with Gasteiger partial charge in [-0.15, -0.1) is 11.3 Å². The molecule has 2 bridgehead atoms. The molecule has 162 valence electrons. The van der Waals surface area contributed by atoms with Crippen molar-refractivity contribution >= 4 is 23.2 Å². The van der Waals surface area contributed by atoms with E-state index in [9.17, 15) is 10.1 Å². The minimum absolute atomic E-state index is 0.0741. The molecule has 0 radical (unpaired) electrons. The second-order valence-corrected chi connectivity index (χ2v) is 9.19. The standard InChI is InChI=1S/C25H24N4O2S/c30-29(31)23-8-4-7-21(15-23)24-17-32-25(26-12-11-18-5-2-1-3-6-18)28(24)27-16-22-14-19-9-10-20(22)13-19/h1-10,15-17,19-20,22H,11-14H2. The molecule has 32 heavy (non-hydrogen) atoms. The lowest BCUT2D eigenvalue weighted by molar-refractivity contribution is -0.384. The highest BCUT2D eigenvalue weighted by Gasteiger charge is 2.34. The van der Waals surface area contributed by atoms with E-state index in [1.54, 1.807) is 12.1 Å². The summed E-state index contributed by atoms with van der Waals surface area (Å²) in [7, 11) is 0. The first-order chi connectivity index (χ1) is 15.7. The van der Waals surface area contributed by atoms with Crippen LogP contribution in [0.5, 0.6) is 0 Å². The van der Waals surface area contributed by atoms with Crippen molar-refractivity contribution < 1.29 is 4.92 Å². The van der Waals surface area contributed by atoms with Crippen LogP contribution in [0.15, 0.2) is 82.2 Å². The number of non-ortho nitro benzene ring substituents is 1. The fourth-order valence-corrected chi connectivity index (χ4v) is 5.43. The molecule has 2 aliphatic rings. The van der Waals surface area contributed by atoms with Crippen molar-refractivity contribution in [1.29, 1.82) is 0 Å². The fraction of sp³-hybridized carbons (Fsp3) is 0.280. The third-order valence-electron chi connectivity index (χ3n) is 6.23. The molecule has 3 unspecified atom stereocenters. The highest BCUT2D eigenvalue weighted by Crippen LogP contribution is 2.42. The predicted molar refractivity (Wildman–Crippen MR) is 128 cm³/mol. The molecule has 1 saturated carbocycles. The van der Waals surface area contributed by atoms with Gasteiger partial charge in [0.2, 0.25) is 4.80 Å². The molecule has 3 atom stereocenters. The van der Waals surface area contributed by atoms with Gasteiger partial charge >= 0.3 is 0 Å². The van der Waals surface area contributed by atoms with Crippen LogP contribution < -0.4 is 4.80 Å². The second kappa shape index (κ2) is 9.04. The van der Waals surface area contributed by atoms with Gasteiger partial charge in [-0.1, -0.05) is 54.6 Å². The Balaban J connectivity index is 1.47. The summed E-state index contributed by atoms with van der Waals surface area (Å²) in [5.74, 6) is 1.69. The van der Waals surface area contributed by atoms with Gasteiger partial charge < -0.3 is 0 Å². The molecule has 1 heterocycles. The Morgan fingerprint density at radius 2 is 2.00 bits per heavy atom. The average molecular weight is 445 g/mol. The molecule has 0 saturated heterocycles.